The number of fused-ring (bicyclic) bond motifs is 1. The molecule has 2 aromatic carbocycles. The van der Waals surface area contributed by atoms with Gasteiger partial charge in [0.15, 0.2) is 5.78 Å². The molecular formula is C25H28O7. The second-order valence-corrected chi connectivity index (χ2v) is 7.88. The molecule has 1 aliphatic heterocycles. The van der Waals surface area contributed by atoms with Crippen molar-refractivity contribution in [3.05, 3.63) is 46.5 Å². The van der Waals surface area contributed by atoms with Crippen LogP contribution < -0.4 is 14.2 Å². The standard InChI is InChI=1S/C25H28O7/c1-5-7-20(27)30-17-11-9-16(10-12-17)19-13-18(26)22-23(29)14(3)24(15(4)25(22)31-19)32-21(28)8-6-2/h9-12,19,29H,5-8,13H2,1-4H3/t19-/m0/s1. The van der Waals surface area contributed by atoms with Crippen LogP contribution in [0.4, 0.5) is 0 Å². The largest absolute Gasteiger partial charge is 0.507 e. The summed E-state index contributed by atoms with van der Waals surface area (Å²) in [6, 6.07) is 6.79. The first kappa shape index (κ1) is 23.3. The van der Waals surface area contributed by atoms with Gasteiger partial charge in [0, 0.05) is 24.0 Å². The molecular weight excluding hydrogens is 412 g/mol. The molecule has 32 heavy (non-hydrogen) atoms. The molecule has 3 rings (SSSR count). The molecule has 170 valence electrons. The Balaban J connectivity index is 1.89. The fourth-order valence-electron chi connectivity index (χ4n) is 3.68. The third kappa shape index (κ3) is 4.77. The van der Waals surface area contributed by atoms with Crippen molar-refractivity contribution < 1.29 is 33.7 Å². The topological polar surface area (TPSA) is 99.1 Å². The molecule has 1 atom stereocenters. The van der Waals surface area contributed by atoms with Gasteiger partial charge in [-0.3, -0.25) is 14.4 Å². The maximum absolute atomic E-state index is 12.9. The van der Waals surface area contributed by atoms with E-state index in [1.165, 1.54) is 0 Å². The Morgan fingerprint density at radius 2 is 1.59 bits per heavy atom. The average molecular weight is 440 g/mol. The minimum Gasteiger partial charge on any atom is -0.507 e. The van der Waals surface area contributed by atoms with Gasteiger partial charge < -0.3 is 19.3 Å². The Kier molecular flexibility index (Phi) is 7.18. The Hall–Kier alpha value is -3.35. The fraction of sp³-hybridized carbons (Fsp3) is 0.400. The molecule has 1 heterocycles. The normalized spacial score (nSPS) is 15.0. The summed E-state index contributed by atoms with van der Waals surface area (Å²) >= 11 is 0. The van der Waals surface area contributed by atoms with Crippen LogP contribution in [0.1, 0.15) is 79.1 Å². The van der Waals surface area contributed by atoms with Gasteiger partial charge in [0.05, 0.1) is 6.42 Å². The monoisotopic (exact) mass is 440 g/mol. The van der Waals surface area contributed by atoms with Gasteiger partial charge in [-0.05, 0) is 44.4 Å². The Bertz CT molecular complexity index is 1040. The number of phenols is 1. The van der Waals surface area contributed by atoms with E-state index >= 15 is 0 Å². The van der Waals surface area contributed by atoms with Crippen LogP contribution in [-0.4, -0.2) is 22.8 Å². The van der Waals surface area contributed by atoms with E-state index in [1.807, 2.05) is 13.8 Å². The van der Waals surface area contributed by atoms with E-state index in [-0.39, 0.29) is 47.4 Å². The zero-order valence-corrected chi connectivity index (χ0v) is 18.8. The van der Waals surface area contributed by atoms with E-state index in [0.717, 1.165) is 5.56 Å². The van der Waals surface area contributed by atoms with Crippen LogP contribution in [-0.2, 0) is 9.59 Å². The maximum Gasteiger partial charge on any atom is 0.311 e. The summed E-state index contributed by atoms with van der Waals surface area (Å²) in [6.45, 7) is 7.08. The number of carbonyl (C=O) groups excluding carboxylic acids is 3. The zero-order valence-electron chi connectivity index (χ0n) is 18.8. The summed E-state index contributed by atoms with van der Waals surface area (Å²) in [5.74, 6) is -0.353. The second-order valence-electron chi connectivity index (χ2n) is 7.88. The first-order chi connectivity index (χ1) is 15.3. The maximum atomic E-state index is 12.9. The van der Waals surface area contributed by atoms with Crippen molar-refractivity contribution in [2.24, 2.45) is 0 Å². The van der Waals surface area contributed by atoms with E-state index in [0.29, 0.717) is 36.1 Å². The Labute approximate surface area is 187 Å². The van der Waals surface area contributed by atoms with Crippen molar-refractivity contribution in [1.82, 2.24) is 0 Å². The summed E-state index contributed by atoms with van der Waals surface area (Å²) in [5, 5.41) is 10.6. The van der Waals surface area contributed by atoms with Crippen molar-refractivity contribution in [2.75, 3.05) is 0 Å². The van der Waals surface area contributed by atoms with Crippen molar-refractivity contribution in [3.8, 4) is 23.0 Å². The molecule has 0 saturated heterocycles. The van der Waals surface area contributed by atoms with Crippen LogP contribution >= 0.6 is 0 Å². The van der Waals surface area contributed by atoms with Gasteiger partial charge in [0.2, 0.25) is 0 Å². The molecule has 0 unspecified atom stereocenters. The van der Waals surface area contributed by atoms with Crippen LogP contribution in [0.25, 0.3) is 0 Å². The van der Waals surface area contributed by atoms with Crippen molar-refractivity contribution in [2.45, 2.75) is 65.9 Å². The molecule has 1 aliphatic rings. The predicted molar refractivity (Wildman–Crippen MR) is 117 cm³/mol. The summed E-state index contributed by atoms with van der Waals surface area (Å²) in [4.78, 5) is 36.6. The van der Waals surface area contributed by atoms with Gasteiger partial charge in [-0.25, -0.2) is 0 Å². The highest BCUT2D eigenvalue weighted by Gasteiger charge is 2.34. The highest BCUT2D eigenvalue weighted by Crippen LogP contribution is 2.47. The average Bonchev–Trinajstić information content (AvgIpc) is 2.75. The first-order valence-electron chi connectivity index (χ1n) is 10.8. The van der Waals surface area contributed by atoms with Gasteiger partial charge in [0.1, 0.15) is 34.7 Å². The number of carbonyl (C=O) groups is 3. The third-order valence-corrected chi connectivity index (χ3v) is 5.36. The SMILES string of the molecule is CCCC(=O)Oc1ccc([C@@H]2CC(=O)c3c(O)c(C)c(OC(=O)CCC)c(C)c3O2)cc1. The number of Topliss-reactive ketones (excluding diaryl/α,β-unsaturated/α-hetero) is 1. The highest BCUT2D eigenvalue weighted by atomic mass is 16.5. The molecule has 0 bridgehead atoms. The summed E-state index contributed by atoms with van der Waals surface area (Å²) in [6.07, 6.45) is 1.38. The lowest BCUT2D eigenvalue weighted by atomic mass is 9.91. The lowest BCUT2D eigenvalue weighted by Crippen LogP contribution is -2.22. The molecule has 1 N–H and O–H groups in total. The van der Waals surface area contributed by atoms with E-state index in [1.54, 1.807) is 38.1 Å². The minimum absolute atomic E-state index is 0.0450. The number of benzene rings is 2. The lowest BCUT2D eigenvalue weighted by Gasteiger charge is -2.29. The van der Waals surface area contributed by atoms with E-state index in [9.17, 15) is 19.5 Å². The van der Waals surface area contributed by atoms with Crippen molar-refractivity contribution in [3.63, 3.8) is 0 Å². The molecule has 0 radical (unpaired) electrons. The molecule has 0 aromatic heterocycles. The van der Waals surface area contributed by atoms with Crippen LogP contribution in [0.15, 0.2) is 24.3 Å². The number of hydrogen-bond donors (Lipinski definition) is 1. The quantitative estimate of drug-likeness (QED) is 0.471. The van der Waals surface area contributed by atoms with Gasteiger partial charge in [0.25, 0.3) is 0 Å². The lowest BCUT2D eigenvalue weighted by molar-refractivity contribution is -0.135. The molecule has 0 fully saturated rings. The van der Waals surface area contributed by atoms with Gasteiger partial charge in [-0.2, -0.15) is 0 Å². The molecule has 0 spiro atoms. The molecule has 0 saturated carbocycles. The van der Waals surface area contributed by atoms with Gasteiger partial charge >= 0.3 is 11.9 Å². The highest BCUT2D eigenvalue weighted by molar-refractivity contribution is 6.04. The van der Waals surface area contributed by atoms with Crippen molar-refractivity contribution >= 4 is 17.7 Å². The number of hydrogen-bond acceptors (Lipinski definition) is 7. The smallest absolute Gasteiger partial charge is 0.311 e. The van der Waals surface area contributed by atoms with Gasteiger partial charge in [-0.15, -0.1) is 0 Å². The van der Waals surface area contributed by atoms with E-state index in [2.05, 4.69) is 0 Å². The second kappa shape index (κ2) is 9.85. The van der Waals surface area contributed by atoms with Crippen LogP contribution in [0.3, 0.4) is 0 Å². The number of rotatable bonds is 7. The zero-order chi connectivity index (χ0) is 23.4. The van der Waals surface area contributed by atoms with Crippen LogP contribution in [0, 0.1) is 13.8 Å². The molecule has 7 nitrogen and oxygen atoms in total. The van der Waals surface area contributed by atoms with Gasteiger partial charge in [-0.1, -0.05) is 26.0 Å². The van der Waals surface area contributed by atoms with Crippen molar-refractivity contribution in [1.29, 1.82) is 0 Å². The summed E-state index contributed by atoms with van der Waals surface area (Å²) in [5.41, 5.74) is 1.65. The summed E-state index contributed by atoms with van der Waals surface area (Å²) in [7, 11) is 0. The summed E-state index contributed by atoms with van der Waals surface area (Å²) < 4.78 is 16.9. The molecule has 0 amide bonds. The number of esters is 2. The number of ketones is 1. The van der Waals surface area contributed by atoms with E-state index < -0.39 is 12.1 Å². The Morgan fingerprint density at radius 3 is 2.19 bits per heavy atom. The first-order valence-corrected chi connectivity index (χ1v) is 10.8. The predicted octanol–water partition coefficient (Wildman–Crippen LogP) is 5.13. The van der Waals surface area contributed by atoms with Crippen LogP contribution in [0.5, 0.6) is 23.0 Å². The Morgan fingerprint density at radius 1 is 1.00 bits per heavy atom. The number of ether oxygens (including phenoxy) is 3. The molecule has 0 aliphatic carbocycles. The fourth-order valence-corrected chi connectivity index (χ4v) is 3.68. The number of phenolic OH excluding ortho intramolecular Hbond substituents is 1. The van der Waals surface area contributed by atoms with Crippen LogP contribution in [0.2, 0.25) is 0 Å². The third-order valence-electron chi connectivity index (χ3n) is 5.36. The molecule has 7 heteroatoms. The van der Waals surface area contributed by atoms with E-state index in [4.69, 9.17) is 14.2 Å². The number of aromatic hydroxyl groups is 1. The minimum atomic E-state index is -0.588. The molecule has 2 aromatic rings.